The minimum atomic E-state index is 0.566. The molecule has 4 heteroatoms. The maximum absolute atomic E-state index is 5.04. The van der Waals surface area contributed by atoms with Gasteiger partial charge in [-0.25, -0.2) is 0 Å². The molecule has 0 saturated heterocycles. The van der Waals surface area contributed by atoms with E-state index in [1.54, 1.807) is 7.11 Å². The van der Waals surface area contributed by atoms with Crippen molar-refractivity contribution in [2.45, 2.75) is 18.2 Å². The second-order valence-corrected chi connectivity index (χ2v) is 3.83. The zero-order valence-electron chi connectivity index (χ0n) is 8.20. The van der Waals surface area contributed by atoms with E-state index in [1.165, 1.54) is 17.5 Å². The summed E-state index contributed by atoms with van der Waals surface area (Å²) >= 11 is 1.53. The summed E-state index contributed by atoms with van der Waals surface area (Å²) in [6.45, 7) is 2.14. The summed E-state index contributed by atoms with van der Waals surface area (Å²) in [5.74, 6) is 0. The lowest BCUT2D eigenvalue weighted by Crippen LogP contribution is -2.19. The van der Waals surface area contributed by atoms with Crippen molar-refractivity contribution in [2.75, 3.05) is 7.11 Å². The van der Waals surface area contributed by atoms with Gasteiger partial charge in [-0.1, -0.05) is 13.0 Å². The molecule has 1 aromatic rings. The summed E-state index contributed by atoms with van der Waals surface area (Å²) in [6, 6.07) is 6.88. The molecule has 0 atom stereocenters. The van der Waals surface area contributed by atoms with Crippen LogP contribution in [0.1, 0.15) is 12.5 Å². The van der Waals surface area contributed by atoms with Gasteiger partial charge in [0.2, 0.25) is 0 Å². The molecule has 14 heavy (non-hydrogen) atoms. The molecule has 1 aliphatic heterocycles. The molecule has 0 aromatic heterocycles. The Kier molecular flexibility index (Phi) is 2.63. The first-order chi connectivity index (χ1) is 6.83. The predicted octanol–water partition coefficient (Wildman–Crippen LogP) is 2.49. The molecule has 0 saturated carbocycles. The summed E-state index contributed by atoms with van der Waals surface area (Å²) in [6.07, 6.45) is 1.03. The first kappa shape index (κ1) is 9.40. The van der Waals surface area contributed by atoms with E-state index < -0.39 is 0 Å². The highest BCUT2D eigenvalue weighted by Gasteiger charge is 2.12. The van der Waals surface area contributed by atoms with Crippen molar-refractivity contribution >= 4 is 23.7 Å². The van der Waals surface area contributed by atoms with Gasteiger partial charge in [-0.05, 0) is 36.1 Å². The van der Waals surface area contributed by atoms with Crippen LogP contribution in [0.15, 0.2) is 28.1 Å². The Balaban J connectivity index is 2.39. The van der Waals surface area contributed by atoms with Crippen LogP contribution in [0.2, 0.25) is 0 Å². The van der Waals surface area contributed by atoms with Gasteiger partial charge >= 0.3 is 0 Å². The molecule has 0 bridgehead atoms. The zero-order valence-corrected chi connectivity index (χ0v) is 9.02. The van der Waals surface area contributed by atoms with Crippen LogP contribution in [0.25, 0.3) is 0 Å². The number of nitrogens with zero attached hydrogens (tertiary/aromatic N) is 1. The first-order valence-corrected chi connectivity index (χ1v) is 5.33. The number of aliphatic imine (C=N–C) groups is 1. The van der Waals surface area contributed by atoms with Gasteiger partial charge in [0.05, 0.1) is 17.7 Å². The third-order valence-electron chi connectivity index (χ3n) is 2.10. The van der Waals surface area contributed by atoms with Gasteiger partial charge in [-0.3, -0.25) is 4.72 Å². The number of aryl methyl sites for hydroxylation is 1. The fourth-order valence-electron chi connectivity index (χ4n) is 1.27. The number of hydrogen-bond acceptors (Lipinski definition) is 4. The molecular formula is C10H12N2OS. The normalized spacial score (nSPS) is 14.0. The fourth-order valence-corrected chi connectivity index (χ4v) is 1.95. The molecule has 1 heterocycles. The predicted molar refractivity (Wildman–Crippen MR) is 58.9 cm³/mol. The van der Waals surface area contributed by atoms with Crippen LogP contribution in [0.4, 0.5) is 5.69 Å². The van der Waals surface area contributed by atoms with Gasteiger partial charge in [0.15, 0.2) is 0 Å². The van der Waals surface area contributed by atoms with Crippen LogP contribution in [-0.2, 0) is 11.2 Å². The standard InChI is InChI=1S/C10H12N2OS/c1-3-7-4-5-9-8(6-7)11-10(13-2)12-14-9/h4-6H,3H2,1-2H3,(H,11,12). The van der Waals surface area contributed by atoms with Crippen molar-refractivity contribution in [1.29, 1.82) is 0 Å². The molecule has 0 amide bonds. The maximum atomic E-state index is 5.04. The smallest absolute Gasteiger partial charge is 0.300 e. The third-order valence-corrected chi connectivity index (χ3v) is 2.94. The topological polar surface area (TPSA) is 33.6 Å². The van der Waals surface area contributed by atoms with Crippen LogP contribution in [0.3, 0.4) is 0 Å². The largest absolute Gasteiger partial charge is 0.468 e. The highest BCUT2D eigenvalue weighted by atomic mass is 32.2. The summed E-state index contributed by atoms with van der Waals surface area (Å²) in [5, 5.41) is 0. The van der Waals surface area contributed by atoms with E-state index in [-0.39, 0.29) is 0 Å². The second kappa shape index (κ2) is 3.92. The van der Waals surface area contributed by atoms with Gasteiger partial charge in [-0.2, -0.15) is 4.99 Å². The van der Waals surface area contributed by atoms with E-state index in [0.717, 1.165) is 17.0 Å². The van der Waals surface area contributed by atoms with E-state index in [0.29, 0.717) is 6.02 Å². The molecule has 3 nitrogen and oxygen atoms in total. The lowest BCUT2D eigenvalue weighted by Gasteiger charge is -2.15. The number of fused-ring (bicyclic) bond motifs is 1. The van der Waals surface area contributed by atoms with E-state index in [4.69, 9.17) is 4.74 Å². The van der Waals surface area contributed by atoms with Gasteiger partial charge < -0.3 is 4.74 Å². The molecular weight excluding hydrogens is 196 g/mol. The molecule has 0 fully saturated rings. The molecule has 0 radical (unpaired) electrons. The molecule has 0 spiro atoms. The molecule has 2 rings (SSSR count). The summed E-state index contributed by atoms with van der Waals surface area (Å²) in [5.41, 5.74) is 2.29. The Labute approximate surface area is 87.7 Å². The van der Waals surface area contributed by atoms with Crippen molar-refractivity contribution in [3.63, 3.8) is 0 Å². The minimum absolute atomic E-state index is 0.566. The highest BCUT2D eigenvalue weighted by Crippen LogP contribution is 2.32. The summed E-state index contributed by atoms with van der Waals surface area (Å²) in [7, 11) is 1.61. The Morgan fingerprint density at radius 2 is 2.36 bits per heavy atom. The van der Waals surface area contributed by atoms with E-state index in [2.05, 4.69) is 34.8 Å². The SMILES string of the molecule is CCc1ccc2c(c1)N=C(OC)NS2. The molecule has 0 aliphatic carbocycles. The third kappa shape index (κ3) is 1.70. The highest BCUT2D eigenvalue weighted by molar-refractivity contribution is 7.98. The quantitative estimate of drug-likeness (QED) is 0.720. The van der Waals surface area contributed by atoms with E-state index in [9.17, 15) is 0 Å². The number of ether oxygens (including phenoxy) is 1. The van der Waals surface area contributed by atoms with E-state index >= 15 is 0 Å². The molecule has 0 unspecified atom stereocenters. The second-order valence-electron chi connectivity index (χ2n) is 2.98. The monoisotopic (exact) mass is 208 g/mol. The number of benzene rings is 1. The van der Waals surface area contributed by atoms with Crippen LogP contribution in [-0.4, -0.2) is 13.1 Å². The van der Waals surface area contributed by atoms with Crippen LogP contribution >= 0.6 is 11.9 Å². The van der Waals surface area contributed by atoms with Crippen molar-refractivity contribution < 1.29 is 4.74 Å². The van der Waals surface area contributed by atoms with Crippen LogP contribution in [0, 0.1) is 0 Å². The van der Waals surface area contributed by atoms with Gasteiger partial charge in [0.25, 0.3) is 6.02 Å². The van der Waals surface area contributed by atoms with Crippen molar-refractivity contribution in [3.8, 4) is 0 Å². The molecule has 1 aromatic carbocycles. The van der Waals surface area contributed by atoms with Gasteiger partial charge in [0, 0.05) is 0 Å². The lowest BCUT2D eigenvalue weighted by molar-refractivity contribution is 0.392. The number of amidine groups is 1. The minimum Gasteiger partial charge on any atom is -0.468 e. The number of hydrogen-bond donors (Lipinski definition) is 1. The Morgan fingerprint density at radius 1 is 1.50 bits per heavy atom. The fraction of sp³-hybridized carbons (Fsp3) is 0.300. The molecule has 74 valence electrons. The van der Waals surface area contributed by atoms with E-state index in [1.807, 2.05) is 0 Å². The van der Waals surface area contributed by atoms with Gasteiger partial charge in [0.1, 0.15) is 0 Å². The van der Waals surface area contributed by atoms with Gasteiger partial charge in [-0.15, -0.1) is 0 Å². The molecule has 1 aliphatic rings. The van der Waals surface area contributed by atoms with Crippen LogP contribution < -0.4 is 4.72 Å². The Morgan fingerprint density at radius 3 is 3.07 bits per heavy atom. The Hall–Kier alpha value is -1.16. The van der Waals surface area contributed by atoms with Crippen molar-refractivity contribution in [2.24, 2.45) is 4.99 Å². The number of nitrogens with one attached hydrogen (secondary N) is 1. The molecule has 1 N–H and O–H groups in total. The average molecular weight is 208 g/mol. The lowest BCUT2D eigenvalue weighted by atomic mass is 10.1. The summed E-state index contributed by atoms with van der Waals surface area (Å²) < 4.78 is 8.05. The number of methoxy groups -OCH3 is 1. The first-order valence-electron chi connectivity index (χ1n) is 4.52. The van der Waals surface area contributed by atoms with Crippen molar-refractivity contribution in [3.05, 3.63) is 23.8 Å². The number of rotatable bonds is 1. The average Bonchev–Trinajstić information content (AvgIpc) is 2.27. The van der Waals surface area contributed by atoms with Crippen LogP contribution in [0.5, 0.6) is 0 Å². The zero-order chi connectivity index (χ0) is 9.97. The van der Waals surface area contributed by atoms with Crippen molar-refractivity contribution in [1.82, 2.24) is 4.72 Å². The Bertz CT molecular complexity index is 376. The summed E-state index contributed by atoms with van der Waals surface area (Å²) in [4.78, 5) is 5.48. The maximum Gasteiger partial charge on any atom is 0.300 e.